The zero-order chi connectivity index (χ0) is 10.4. The molecule has 1 aromatic heterocycles. The van der Waals surface area contributed by atoms with Gasteiger partial charge in [0.25, 0.3) is 0 Å². The summed E-state index contributed by atoms with van der Waals surface area (Å²) in [5, 5.41) is 0. The molecule has 1 heterocycles. The maximum atomic E-state index is 11.1. The molecule has 1 N–H and O–H groups in total. The molecule has 4 nitrogen and oxygen atoms in total. The van der Waals surface area contributed by atoms with Gasteiger partial charge in [-0.25, -0.2) is 13.1 Å². The van der Waals surface area contributed by atoms with Crippen LogP contribution in [0.3, 0.4) is 0 Å². The van der Waals surface area contributed by atoms with Crippen molar-refractivity contribution in [1.82, 2.24) is 9.71 Å². The van der Waals surface area contributed by atoms with Crippen LogP contribution in [0.15, 0.2) is 24.5 Å². The summed E-state index contributed by atoms with van der Waals surface area (Å²) in [6.45, 7) is 2.05. The van der Waals surface area contributed by atoms with Gasteiger partial charge in [-0.3, -0.25) is 4.98 Å². The van der Waals surface area contributed by atoms with E-state index in [1.807, 2.05) is 12.1 Å². The van der Waals surface area contributed by atoms with Gasteiger partial charge in [-0.15, -0.1) is 0 Å². The topological polar surface area (TPSA) is 59.1 Å². The molecule has 1 rings (SSSR count). The Labute approximate surface area is 84.4 Å². The Morgan fingerprint density at radius 3 is 2.86 bits per heavy atom. The molecule has 0 saturated heterocycles. The van der Waals surface area contributed by atoms with Crippen molar-refractivity contribution < 1.29 is 8.42 Å². The molecule has 1 aromatic rings. The normalized spacial score (nSPS) is 11.5. The number of aromatic nitrogens is 1. The van der Waals surface area contributed by atoms with Crippen LogP contribution in [0.2, 0.25) is 0 Å². The Bertz CT molecular complexity index is 362. The monoisotopic (exact) mass is 214 g/mol. The van der Waals surface area contributed by atoms with Crippen LogP contribution in [0.25, 0.3) is 0 Å². The van der Waals surface area contributed by atoms with E-state index < -0.39 is 10.0 Å². The standard InChI is InChI=1S/C9H14N2O2S/c1-2-14(12,13)11-7-5-9-4-3-6-10-8-9/h3-4,6,8,11H,2,5,7H2,1H3. The number of nitrogens with zero attached hydrogens (tertiary/aromatic N) is 1. The molecule has 5 heteroatoms. The smallest absolute Gasteiger partial charge is 0.211 e. The number of hydrogen-bond donors (Lipinski definition) is 1. The second-order valence-corrected chi connectivity index (χ2v) is 5.00. The third-order valence-corrected chi connectivity index (χ3v) is 3.24. The zero-order valence-corrected chi connectivity index (χ0v) is 8.92. The van der Waals surface area contributed by atoms with Crippen molar-refractivity contribution in [3.8, 4) is 0 Å². The summed E-state index contributed by atoms with van der Waals surface area (Å²) < 4.78 is 24.6. The van der Waals surface area contributed by atoms with Crippen LogP contribution in [0, 0.1) is 0 Å². The molecule has 0 atom stereocenters. The zero-order valence-electron chi connectivity index (χ0n) is 8.10. The van der Waals surface area contributed by atoms with Gasteiger partial charge in [-0.05, 0) is 25.0 Å². The van der Waals surface area contributed by atoms with Crippen LogP contribution in [-0.2, 0) is 16.4 Å². The van der Waals surface area contributed by atoms with Crippen molar-refractivity contribution in [2.24, 2.45) is 0 Å². The highest BCUT2D eigenvalue weighted by Crippen LogP contribution is 1.96. The molecule has 0 aliphatic rings. The SMILES string of the molecule is CCS(=O)(=O)NCCc1cccnc1. The molecule has 0 spiro atoms. The van der Waals surface area contributed by atoms with E-state index in [1.54, 1.807) is 19.3 Å². The number of pyridine rings is 1. The molecule has 0 aliphatic carbocycles. The van der Waals surface area contributed by atoms with Crippen LogP contribution >= 0.6 is 0 Å². The van der Waals surface area contributed by atoms with E-state index in [1.165, 1.54) is 0 Å². The summed E-state index contributed by atoms with van der Waals surface area (Å²) in [5.74, 6) is 0.125. The van der Waals surface area contributed by atoms with E-state index in [4.69, 9.17) is 0 Å². The summed E-state index contributed by atoms with van der Waals surface area (Å²) in [7, 11) is -3.06. The van der Waals surface area contributed by atoms with Gasteiger partial charge in [0, 0.05) is 18.9 Å². The van der Waals surface area contributed by atoms with Crippen molar-refractivity contribution in [2.45, 2.75) is 13.3 Å². The highest BCUT2D eigenvalue weighted by Gasteiger charge is 2.04. The van der Waals surface area contributed by atoms with Crippen LogP contribution in [0.1, 0.15) is 12.5 Å². The Morgan fingerprint density at radius 1 is 1.50 bits per heavy atom. The summed E-state index contributed by atoms with van der Waals surface area (Å²) in [4.78, 5) is 3.94. The van der Waals surface area contributed by atoms with E-state index in [-0.39, 0.29) is 5.75 Å². The van der Waals surface area contributed by atoms with Gasteiger partial charge >= 0.3 is 0 Å². The van der Waals surface area contributed by atoms with Gasteiger partial charge in [-0.1, -0.05) is 6.07 Å². The minimum atomic E-state index is -3.06. The molecular weight excluding hydrogens is 200 g/mol. The first kappa shape index (κ1) is 11.1. The fourth-order valence-corrected chi connectivity index (χ4v) is 1.62. The van der Waals surface area contributed by atoms with E-state index in [0.717, 1.165) is 5.56 Å². The lowest BCUT2D eigenvalue weighted by Crippen LogP contribution is -2.27. The summed E-state index contributed by atoms with van der Waals surface area (Å²) in [6.07, 6.45) is 4.10. The maximum absolute atomic E-state index is 11.1. The van der Waals surface area contributed by atoms with E-state index in [9.17, 15) is 8.42 Å². The summed E-state index contributed by atoms with van der Waals surface area (Å²) in [6, 6.07) is 3.76. The lowest BCUT2D eigenvalue weighted by molar-refractivity contribution is 0.583. The largest absolute Gasteiger partial charge is 0.264 e. The quantitative estimate of drug-likeness (QED) is 0.779. The second kappa shape index (κ2) is 5.07. The molecule has 0 amide bonds. The number of hydrogen-bond acceptors (Lipinski definition) is 3. The lowest BCUT2D eigenvalue weighted by atomic mass is 10.2. The first-order valence-electron chi connectivity index (χ1n) is 4.50. The summed E-state index contributed by atoms with van der Waals surface area (Å²) in [5.41, 5.74) is 1.03. The Hall–Kier alpha value is -0.940. The molecule has 78 valence electrons. The molecule has 0 unspecified atom stereocenters. The molecule has 0 bridgehead atoms. The Kier molecular flexibility index (Phi) is 4.03. The first-order chi connectivity index (χ1) is 6.64. The average Bonchev–Trinajstić information content (AvgIpc) is 2.19. The molecule has 0 fully saturated rings. The van der Waals surface area contributed by atoms with Crippen molar-refractivity contribution >= 4 is 10.0 Å². The van der Waals surface area contributed by atoms with Gasteiger partial charge in [0.15, 0.2) is 0 Å². The second-order valence-electron chi connectivity index (χ2n) is 2.91. The van der Waals surface area contributed by atoms with Crippen molar-refractivity contribution in [1.29, 1.82) is 0 Å². The third-order valence-electron chi connectivity index (χ3n) is 1.84. The molecule has 0 radical (unpaired) electrons. The van der Waals surface area contributed by atoms with Crippen LogP contribution in [-0.4, -0.2) is 25.7 Å². The molecule has 0 aliphatic heterocycles. The molecule has 14 heavy (non-hydrogen) atoms. The fraction of sp³-hybridized carbons (Fsp3) is 0.444. The first-order valence-corrected chi connectivity index (χ1v) is 6.15. The molecule has 0 aromatic carbocycles. The van der Waals surface area contributed by atoms with Gasteiger partial charge in [-0.2, -0.15) is 0 Å². The van der Waals surface area contributed by atoms with Crippen LogP contribution in [0.5, 0.6) is 0 Å². The van der Waals surface area contributed by atoms with Gasteiger partial charge in [0.2, 0.25) is 10.0 Å². The number of sulfonamides is 1. The maximum Gasteiger partial charge on any atom is 0.211 e. The van der Waals surface area contributed by atoms with Gasteiger partial charge in [0.1, 0.15) is 0 Å². The highest BCUT2D eigenvalue weighted by atomic mass is 32.2. The van der Waals surface area contributed by atoms with E-state index in [2.05, 4.69) is 9.71 Å². The van der Waals surface area contributed by atoms with Crippen LogP contribution < -0.4 is 4.72 Å². The number of rotatable bonds is 5. The van der Waals surface area contributed by atoms with Crippen molar-refractivity contribution in [3.63, 3.8) is 0 Å². The number of nitrogens with one attached hydrogen (secondary N) is 1. The predicted molar refractivity (Wildman–Crippen MR) is 55.4 cm³/mol. The fourth-order valence-electron chi connectivity index (χ4n) is 0.999. The summed E-state index contributed by atoms with van der Waals surface area (Å²) >= 11 is 0. The molecule has 0 saturated carbocycles. The van der Waals surface area contributed by atoms with E-state index >= 15 is 0 Å². The van der Waals surface area contributed by atoms with Crippen molar-refractivity contribution in [2.75, 3.05) is 12.3 Å². The van der Waals surface area contributed by atoms with E-state index in [0.29, 0.717) is 13.0 Å². The van der Waals surface area contributed by atoms with Gasteiger partial charge in [0.05, 0.1) is 5.75 Å². The molecular formula is C9H14N2O2S. The predicted octanol–water partition coefficient (Wildman–Crippen LogP) is 0.563. The van der Waals surface area contributed by atoms with Gasteiger partial charge < -0.3 is 0 Å². The minimum absolute atomic E-state index is 0.125. The van der Waals surface area contributed by atoms with Crippen molar-refractivity contribution in [3.05, 3.63) is 30.1 Å². The third kappa shape index (κ3) is 3.85. The average molecular weight is 214 g/mol. The lowest BCUT2D eigenvalue weighted by Gasteiger charge is -2.03. The Morgan fingerprint density at radius 2 is 2.29 bits per heavy atom. The minimum Gasteiger partial charge on any atom is -0.264 e. The Balaban J connectivity index is 2.37. The van der Waals surface area contributed by atoms with Crippen LogP contribution in [0.4, 0.5) is 0 Å². The highest BCUT2D eigenvalue weighted by molar-refractivity contribution is 7.89.